The van der Waals surface area contributed by atoms with Gasteiger partial charge in [-0.1, -0.05) is 17.6 Å². The van der Waals surface area contributed by atoms with Crippen LogP contribution in [0.1, 0.15) is 29.8 Å². The zero-order valence-corrected chi connectivity index (χ0v) is 18.2. The van der Waals surface area contributed by atoms with E-state index in [1.54, 1.807) is 6.07 Å². The molecule has 2 aromatic heterocycles. The lowest BCUT2D eigenvalue weighted by Crippen LogP contribution is -2.62. The zero-order chi connectivity index (χ0) is 22.2. The number of unbranched alkanes of at least 4 members (excludes halogenated alkanes) is 2. The van der Waals surface area contributed by atoms with Gasteiger partial charge in [-0.3, -0.25) is 19.4 Å². The van der Waals surface area contributed by atoms with Crippen LogP contribution >= 0.6 is 11.3 Å². The van der Waals surface area contributed by atoms with Gasteiger partial charge in [-0.25, -0.2) is 4.79 Å². The lowest BCUT2D eigenvalue weighted by Gasteiger charge is -2.44. The normalized spacial score (nSPS) is 14.1. The molecule has 3 N–H and O–H groups in total. The van der Waals surface area contributed by atoms with Crippen LogP contribution in [0.15, 0.2) is 28.1 Å². The second-order valence-electron chi connectivity index (χ2n) is 7.37. The quantitative estimate of drug-likeness (QED) is 0.446. The van der Waals surface area contributed by atoms with Crippen molar-refractivity contribution in [2.75, 3.05) is 39.8 Å². The van der Waals surface area contributed by atoms with E-state index in [2.05, 4.69) is 20.7 Å². The first-order valence-corrected chi connectivity index (χ1v) is 11.1. The number of thiophene rings is 1. The van der Waals surface area contributed by atoms with Crippen LogP contribution in [0.2, 0.25) is 0 Å². The van der Waals surface area contributed by atoms with Gasteiger partial charge in [0.1, 0.15) is 6.54 Å². The molecule has 1 fully saturated rings. The highest BCUT2D eigenvalue weighted by atomic mass is 32.1. The van der Waals surface area contributed by atoms with E-state index in [1.165, 1.54) is 23.3 Å². The molecular weight excluding hydrogens is 422 g/mol. The number of carbonyl (C=O) groups is 3. The van der Waals surface area contributed by atoms with Crippen LogP contribution in [-0.4, -0.2) is 83.8 Å². The molecule has 0 aliphatic carbocycles. The van der Waals surface area contributed by atoms with Crippen molar-refractivity contribution in [3.05, 3.63) is 29.3 Å². The van der Waals surface area contributed by atoms with Crippen molar-refractivity contribution in [1.82, 2.24) is 25.6 Å². The Kier molecular flexibility index (Phi) is 8.01. The maximum atomic E-state index is 12.2. The van der Waals surface area contributed by atoms with Gasteiger partial charge in [0.25, 0.3) is 5.91 Å². The summed E-state index contributed by atoms with van der Waals surface area (Å²) in [6.07, 6.45) is 1.68. The predicted octanol–water partition coefficient (Wildman–Crippen LogP) is 1.71. The summed E-state index contributed by atoms with van der Waals surface area (Å²) in [7, 11) is 1.49. The van der Waals surface area contributed by atoms with Crippen molar-refractivity contribution in [3.8, 4) is 10.6 Å². The van der Waals surface area contributed by atoms with E-state index in [-0.39, 0.29) is 30.1 Å². The molecular formula is C20H27N5O5S. The van der Waals surface area contributed by atoms with Crippen molar-refractivity contribution >= 4 is 29.2 Å². The summed E-state index contributed by atoms with van der Waals surface area (Å²) >= 11 is 1.52. The standard InChI is InChI=1S/C20H27N5O5S/c1-21-18(26)13-25(20(28)29)14-11-24(12-14)8-4-2-3-7-22-19(27)15-10-16(30-23-15)17-6-5-9-31-17/h5-6,9-10,14H,2-4,7-8,11-13H2,1H3,(H,21,26)(H,22,27)(H,28,29). The molecule has 0 atom stereocenters. The van der Waals surface area contributed by atoms with Crippen LogP contribution in [0.5, 0.6) is 0 Å². The summed E-state index contributed by atoms with van der Waals surface area (Å²) < 4.78 is 5.22. The summed E-state index contributed by atoms with van der Waals surface area (Å²) in [5.41, 5.74) is 0.273. The zero-order valence-electron chi connectivity index (χ0n) is 17.4. The highest BCUT2D eigenvalue weighted by Gasteiger charge is 2.34. The third kappa shape index (κ3) is 6.28. The van der Waals surface area contributed by atoms with Gasteiger partial charge in [0.2, 0.25) is 5.91 Å². The van der Waals surface area contributed by atoms with E-state index in [0.717, 1.165) is 30.7 Å². The summed E-state index contributed by atoms with van der Waals surface area (Å²) in [5, 5.41) is 20.3. The molecule has 1 saturated heterocycles. The maximum Gasteiger partial charge on any atom is 0.408 e. The van der Waals surface area contributed by atoms with E-state index in [0.29, 0.717) is 25.4 Å². The molecule has 0 aromatic carbocycles. The molecule has 10 nitrogen and oxygen atoms in total. The second kappa shape index (κ2) is 10.9. The van der Waals surface area contributed by atoms with Gasteiger partial charge in [0, 0.05) is 32.7 Å². The number of amides is 3. The first-order valence-electron chi connectivity index (χ1n) is 10.2. The van der Waals surface area contributed by atoms with Crippen LogP contribution in [0.25, 0.3) is 10.6 Å². The van der Waals surface area contributed by atoms with Crippen LogP contribution in [0.3, 0.4) is 0 Å². The molecule has 3 heterocycles. The number of nitrogens with zero attached hydrogens (tertiary/aromatic N) is 3. The summed E-state index contributed by atoms with van der Waals surface area (Å²) in [5.74, 6) is 0.0306. The van der Waals surface area contributed by atoms with Crippen LogP contribution in [0.4, 0.5) is 4.79 Å². The predicted molar refractivity (Wildman–Crippen MR) is 115 cm³/mol. The Morgan fingerprint density at radius 2 is 2.13 bits per heavy atom. The number of likely N-dealkylation sites (tertiary alicyclic amines) is 1. The Labute approximate surface area is 184 Å². The summed E-state index contributed by atoms with van der Waals surface area (Å²) in [4.78, 5) is 39.2. The average molecular weight is 450 g/mol. The molecule has 1 aliphatic rings. The topological polar surface area (TPSA) is 128 Å². The van der Waals surface area contributed by atoms with E-state index in [9.17, 15) is 19.5 Å². The van der Waals surface area contributed by atoms with Crippen molar-refractivity contribution < 1.29 is 24.0 Å². The van der Waals surface area contributed by atoms with Crippen LogP contribution in [0, 0.1) is 0 Å². The Bertz CT molecular complexity index is 878. The monoisotopic (exact) mass is 449 g/mol. The molecule has 0 spiro atoms. The Hall–Kier alpha value is -2.92. The number of carboxylic acid groups (broad SMARTS) is 1. The van der Waals surface area contributed by atoms with Gasteiger partial charge in [0.15, 0.2) is 11.5 Å². The number of aromatic nitrogens is 1. The first kappa shape index (κ1) is 22.8. The number of rotatable bonds is 11. The summed E-state index contributed by atoms with van der Waals surface area (Å²) in [6.45, 7) is 2.56. The number of likely N-dealkylation sites (N-methyl/N-ethyl adjacent to an activating group) is 1. The molecule has 31 heavy (non-hydrogen) atoms. The second-order valence-corrected chi connectivity index (χ2v) is 8.32. The van der Waals surface area contributed by atoms with Crippen molar-refractivity contribution in [2.45, 2.75) is 25.3 Å². The molecule has 0 radical (unpaired) electrons. The van der Waals surface area contributed by atoms with Gasteiger partial charge in [-0.05, 0) is 30.8 Å². The van der Waals surface area contributed by atoms with Crippen molar-refractivity contribution in [1.29, 1.82) is 0 Å². The van der Waals surface area contributed by atoms with E-state index >= 15 is 0 Å². The van der Waals surface area contributed by atoms with Gasteiger partial charge < -0.3 is 20.3 Å². The molecule has 168 valence electrons. The van der Waals surface area contributed by atoms with Gasteiger partial charge in [-0.15, -0.1) is 11.3 Å². The molecule has 0 saturated carbocycles. The summed E-state index contributed by atoms with van der Waals surface area (Å²) in [6, 6.07) is 5.33. The van der Waals surface area contributed by atoms with Crippen molar-refractivity contribution in [2.24, 2.45) is 0 Å². The lowest BCUT2D eigenvalue weighted by molar-refractivity contribution is -0.122. The first-order chi connectivity index (χ1) is 15.0. The number of hydrogen-bond acceptors (Lipinski definition) is 7. The van der Waals surface area contributed by atoms with Gasteiger partial charge in [-0.2, -0.15) is 0 Å². The van der Waals surface area contributed by atoms with Crippen LogP contribution < -0.4 is 10.6 Å². The molecule has 1 aliphatic heterocycles. The Balaban J connectivity index is 1.26. The molecule has 0 bridgehead atoms. The SMILES string of the molecule is CNC(=O)CN(C(=O)O)C1CN(CCCCCNC(=O)c2cc(-c3cccs3)on2)C1. The molecule has 2 aromatic rings. The molecule has 0 unspecified atom stereocenters. The highest BCUT2D eigenvalue weighted by Crippen LogP contribution is 2.25. The fraction of sp³-hybridized carbons (Fsp3) is 0.500. The Morgan fingerprint density at radius 1 is 1.32 bits per heavy atom. The minimum atomic E-state index is -1.07. The number of hydrogen-bond donors (Lipinski definition) is 3. The fourth-order valence-electron chi connectivity index (χ4n) is 3.36. The Morgan fingerprint density at radius 3 is 2.81 bits per heavy atom. The van der Waals surface area contributed by atoms with Gasteiger partial charge >= 0.3 is 6.09 Å². The van der Waals surface area contributed by atoms with Crippen LogP contribution in [-0.2, 0) is 4.79 Å². The smallest absolute Gasteiger partial charge is 0.408 e. The molecule has 11 heteroatoms. The van der Waals surface area contributed by atoms with E-state index < -0.39 is 6.09 Å². The molecule has 3 rings (SSSR count). The lowest BCUT2D eigenvalue weighted by atomic mass is 10.1. The largest absolute Gasteiger partial charge is 0.465 e. The minimum absolute atomic E-state index is 0.135. The fourth-order valence-corrected chi connectivity index (χ4v) is 4.03. The van der Waals surface area contributed by atoms with Crippen molar-refractivity contribution in [3.63, 3.8) is 0 Å². The molecule has 3 amide bonds. The average Bonchev–Trinajstić information content (AvgIpc) is 3.41. The number of carbonyl (C=O) groups excluding carboxylic acids is 2. The maximum absolute atomic E-state index is 12.2. The third-order valence-electron chi connectivity index (χ3n) is 5.16. The van der Waals surface area contributed by atoms with Gasteiger partial charge in [0.05, 0.1) is 10.9 Å². The third-order valence-corrected chi connectivity index (χ3v) is 6.05. The highest BCUT2D eigenvalue weighted by molar-refractivity contribution is 7.13. The van der Waals surface area contributed by atoms with E-state index in [1.807, 2.05) is 17.5 Å². The van der Waals surface area contributed by atoms with E-state index in [4.69, 9.17) is 4.52 Å². The minimum Gasteiger partial charge on any atom is -0.465 e. The number of nitrogens with one attached hydrogen (secondary N) is 2.